The van der Waals surface area contributed by atoms with E-state index in [2.05, 4.69) is 13.0 Å². The van der Waals surface area contributed by atoms with Crippen LogP contribution in [-0.4, -0.2) is 39.5 Å². The van der Waals surface area contributed by atoms with E-state index < -0.39 is 16.3 Å². The third-order valence-electron chi connectivity index (χ3n) is 8.52. The minimum Gasteiger partial charge on any atom is -0.462 e. The number of hydrogen-bond acceptors (Lipinski definition) is 5. The lowest BCUT2D eigenvalue weighted by atomic mass is 9.47. The Morgan fingerprint density at radius 1 is 1.21 bits per heavy atom. The van der Waals surface area contributed by atoms with Crippen LogP contribution in [0, 0.1) is 28.6 Å². The topological polar surface area (TPSA) is 69.7 Å². The summed E-state index contributed by atoms with van der Waals surface area (Å²) in [5.74, 6) is 0.911. The second-order valence-electron chi connectivity index (χ2n) is 10.0. The Hall–Kier alpha value is -0.950. The maximum Gasteiger partial charge on any atom is 0.302 e. The molecule has 3 fully saturated rings. The fraction of sp³-hybridized carbons (Fsp3) is 0.864. The van der Waals surface area contributed by atoms with Crippen molar-refractivity contribution in [1.82, 2.24) is 0 Å². The van der Waals surface area contributed by atoms with Crippen LogP contribution in [0.2, 0.25) is 0 Å². The Balaban J connectivity index is 1.65. The van der Waals surface area contributed by atoms with Crippen LogP contribution in [0.3, 0.4) is 0 Å². The molecule has 4 aliphatic carbocycles. The summed E-state index contributed by atoms with van der Waals surface area (Å²) in [6, 6.07) is 0. The van der Waals surface area contributed by atoms with Gasteiger partial charge in [0.2, 0.25) is 0 Å². The van der Waals surface area contributed by atoms with Crippen molar-refractivity contribution >= 4 is 16.1 Å². The molecule has 0 amide bonds. The van der Waals surface area contributed by atoms with Gasteiger partial charge in [0.05, 0.1) is 12.9 Å². The fourth-order valence-corrected chi connectivity index (χ4v) is 7.66. The van der Waals surface area contributed by atoms with Crippen molar-refractivity contribution in [3.8, 4) is 0 Å². The van der Waals surface area contributed by atoms with Crippen molar-refractivity contribution in [1.29, 1.82) is 0 Å². The van der Waals surface area contributed by atoms with Gasteiger partial charge in [-0.1, -0.05) is 18.6 Å². The summed E-state index contributed by atoms with van der Waals surface area (Å²) in [6.45, 7) is 3.86. The first-order valence-electron chi connectivity index (χ1n) is 10.9. The number of allylic oxidation sites excluding steroid dienone is 1. The molecule has 0 aromatic heterocycles. The van der Waals surface area contributed by atoms with Crippen LogP contribution in [0.25, 0.3) is 0 Å². The first-order chi connectivity index (χ1) is 13.6. The number of alkyl halides is 1. The second kappa shape index (κ2) is 7.33. The highest BCUT2D eigenvalue weighted by Gasteiger charge is 2.61. The molecule has 5 nitrogen and oxygen atoms in total. The van der Waals surface area contributed by atoms with E-state index in [0.717, 1.165) is 43.9 Å². The van der Waals surface area contributed by atoms with Gasteiger partial charge in [0, 0.05) is 24.2 Å². The maximum atomic E-state index is 14.2. The molecule has 7 atom stereocenters. The molecule has 0 unspecified atom stereocenters. The zero-order valence-electron chi connectivity index (χ0n) is 17.7. The van der Waals surface area contributed by atoms with Crippen LogP contribution in [0.15, 0.2) is 11.6 Å². The number of fused-ring (bicyclic) bond motifs is 5. The van der Waals surface area contributed by atoms with Gasteiger partial charge in [-0.2, -0.15) is 8.42 Å². The average Bonchev–Trinajstić information content (AvgIpc) is 2.95. The predicted octanol–water partition coefficient (Wildman–Crippen LogP) is 4.18. The highest BCUT2D eigenvalue weighted by molar-refractivity contribution is 7.85. The second-order valence-corrected chi connectivity index (χ2v) is 11.7. The van der Waals surface area contributed by atoms with Crippen LogP contribution < -0.4 is 0 Å². The molecule has 4 rings (SSSR count). The van der Waals surface area contributed by atoms with Gasteiger partial charge in [-0.3, -0.25) is 8.98 Å². The summed E-state index contributed by atoms with van der Waals surface area (Å²) >= 11 is 0. The van der Waals surface area contributed by atoms with E-state index in [9.17, 15) is 17.6 Å². The molecular formula is C22H33FO5S. The molecule has 0 bridgehead atoms. The number of carbonyl (C=O) groups excluding carboxylic acids is 1. The Labute approximate surface area is 173 Å². The van der Waals surface area contributed by atoms with Crippen LogP contribution in [0.5, 0.6) is 0 Å². The number of ether oxygens (including phenoxy) is 1. The lowest BCUT2D eigenvalue weighted by Crippen LogP contribution is -2.54. The van der Waals surface area contributed by atoms with Gasteiger partial charge < -0.3 is 4.74 Å². The van der Waals surface area contributed by atoms with Gasteiger partial charge in [-0.05, 0) is 62.7 Å². The molecule has 0 aromatic rings. The summed E-state index contributed by atoms with van der Waals surface area (Å²) in [5, 5.41) is 0. The van der Waals surface area contributed by atoms with Crippen molar-refractivity contribution in [2.24, 2.45) is 28.6 Å². The standard InChI is InChI=1S/C22H33FO5S/c1-14(24)28-20-7-6-18-17-5-4-15-12-16(23)8-11-22(15,13-27-29(3,25)26)19(17)9-10-21(18,20)2/h4,16-20H,5-13H2,1-3H3/t16-,17-,18-,19-,20-,21-,22+/m0/s1. The lowest BCUT2D eigenvalue weighted by Gasteiger charge is -2.58. The molecule has 0 saturated heterocycles. The largest absolute Gasteiger partial charge is 0.462 e. The van der Waals surface area contributed by atoms with Gasteiger partial charge >= 0.3 is 5.97 Å². The molecule has 0 heterocycles. The highest BCUT2D eigenvalue weighted by atomic mass is 32.2. The number of rotatable bonds is 4. The molecule has 0 spiro atoms. The van der Waals surface area contributed by atoms with Gasteiger partial charge in [0.1, 0.15) is 12.3 Å². The zero-order valence-corrected chi connectivity index (χ0v) is 18.5. The third kappa shape index (κ3) is 3.67. The predicted molar refractivity (Wildman–Crippen MR) is 107 cm³/mol. The average molecular weight is 429 g/mol. The smallest absolute Gasteiger partial charge is 0.302 e. The summed E-state index contributed by atoms with van der Waals surface area (Å²) in [4.78, 5) is 11.6. The molecular weight excluding hydrogens is 395 g/mol. The number of hydrogen-bond donors (Lipinski definition) is 0. The summed E-state index contributed by atoms with van der Waals surface area (Å²) in [5.41, 5.74) is 0.656. The summed E-state index contributed by atoms with van der Waals surface area (Å²) < 4.78 is 48.8. The minimum absolute atomic E-state index is 0.0334. The van der Waals surface area contributed by atoms with E-state index in [0.29, 0.717) is 37.0 Å². The molecule has 7 heteroatoms. The Morgan fingerprint density at radius 3 is 2.66 bits per heavy atom. The van der Waals surface area contributed by atoms with E-state index >= 15 is 0 Å². The molecule has 164 valence electrons. The Morgan fingerprint density at radius 2 is 1.97 bits per heavy atom. The van der Waals surface area contributed by atoms with Crippen molar-refractivity contribution in [2.45, 2.75) is 77.5 Å². The first kappa shape index (κ1) is 21.3. The lowest BCUT2D eigenvalue weighted by molar-refractivity contribution is -0.157. The normalized spacial score (nSPS) is 44.3. The van der Waals surface area contributed by atoms with Crippen molar-refractivity contribution in [3.05, 3.63) is 11.6 Å². The van der Waals surface area contributed by atoms with Crippen LogP contribution in [0.4, 0.5) is 4.39 Å². The first-order valence-corrected chi connectivity index (χ1v) is 12.7. The Bertz CT molecular complexity index is 808. The van der Waals surface area contributed by atoms with E-state index in [1.165, 1.54) is 6.92 Å². The number of carbonyl (C=O) groups is 1. The minimum atomic E-state index is -3.56. The van der Waals surface area contributed by atoms with Gasteiger partial charge in [-0.15, -0.1) is 0 Å². The molecule has 3 saturated carbocycles. The van der Waals surface area contributed by atoms with Crippen molar-refractivity contribution in [2.75, 3.05) is 12.9 Å². The maximum absolute atomic E-state index is 14.2. The molecule has 0 radical (unpaired) electrons. The van der Waals surface area contributed by atoms with E-state index in [-0.39, 0.29) is 29.5 Å². The van der Waals surface area contributed by atoms with Crippen LogP contribution in [-0.2, 0) is 23.8 Å². The zero-order chi connectivity index (χ0) is 21.0. The molecule has 0 aromatic carbocycles. The highest BCUT2D eigenvalue weighted by Crippen LogP contribution is 2.65. The van der Waals surface area contributed by atoms with Crippen LogP contribution in [0.1, 0.15) is 65.2 Å². The molecule has 29 heavy (non-hydrogen) atoms. The third-order valence-corrected chi connectivity index (χ3v) is 9.07. The quantitative estimate of drug-likeness (QED) is 0.382. The fourth-order valence-electron chi connectivity index (χ4n) is 7.24. The van der Waals surface area contributed by atoms with Gasteiger partial charge in [0.15, 0.2) is 0 Å². The van der Waals surface area contributed by atoms with Gasteiger partial charge in [-0.25, -0.2) is 4.39 Å². The van der Waals surface area contributed by atoms with Crippen LogP contribution >= 0.6 is 0 Å². The number of halogens is 1. The summed E-state index contributed by atoms with van der Waals surface area (Å²) in [6.07, 6.45) is 8.59. The van der Waals surface area contributed by atoms with E-state index in [1.54, 1.807) is 0 Å². The van der Waals surface area contributed by atoms with E-state index in [1.807, 2.05) is 0 Å². The Kier molecular flexibility index (Phi) is 5.38. The van der Waals surface area contributed by atoms with Crippen molar-refractivity contribution < 1.29 is 26.5 Å². The SMILES string of the molecule is CC(=O)O[C@H]1CC[C@H]2[C@@H]3CC=C4C[C@@H](F)CC[C@]4(COS(C)(=O)=O)[C@H]3CC[C@]12C. The summed E-state index contributed by atoms with van der Waals surface area (Å²) in [7, 11) is -3.56. The van der Waals surface area contributed by atoms with Gasteiger partial charge in [0.25, 0.3) is 10.1 Å². The molecule has 0 N–H and O–H groups in total. The van der Waals surface area contributed by atoms with E-state index in [4.69, 9.17) is 8.92 Å². The van der Waals surface area contributed by atoms with Crippen molar-refractivity contribution in [3.63, 3.8) is 0 Å². The molecule has 4 aliphatic rings. The molecule has 0 aliphatic heterocycles. The monoisotopic (exact) mass is 428 g/mol. The number of esters is 1.